The van der Waals surface area contributed by atoms with Crippen LogP contribution in [0.1, 0.15) is 0 Å². The minimum absolute atomic E-state index is 0.888. The average molecular weight is 728 g/mol. The zero-order valence-electron chi connectivity index (χ0n) is 30.8. The number of benzene rings is 9. The molecule has 0 saturated carbocycles. The standard InChI is InChI=1S/C54H33NO2/c1-3-13-34(14-4-1)47-27-28-48(35-15-5-2-6-16-35)55(47)38-25-26-43-46(33-38)54(37-24-30-52-45(32-37)40-18-10-12-22-50(40)57-52)42-20-8-7-19-41(42)53(43)36-23-29-51-44(31-36)39-17-9-11-21-49(39)56-51/h1-33H. The number of furan rings is 2. The number of hydrogen-bond acceptors (Lipinski definition) is 2. The monoisotopic (exact) mass is 727 g/mol. The first kappa shape index (κ1) is 31.7. The molecule has 3 nitrogen and oxygen atoms in total. The van der Waals surface area contributed by atoms with Gasteiger partial charge in [-0.3, -0.25) is 0 Å². The van der Waals surface area contributed by atoms with Crippen LogP contribution in [0.4, 0.5) is 0 Å². The third kappa shape index (κ3) is 4.92. The summed E-state index contributed by atoms with van der Waals surface area (Å²) in [6.07, 6.45) is 0. The zero-order valence-corrected chi connectivity index (χ0v) is 30.8. The Morgan fingerprint density at radius 1 is 0.263 bits per heavy atom. The summed E-state index contributed by atoms with van der Waals surface area (Å²) in [5, 5.41) is 9.23. The van der Waals surface area contributed by atoms with Gasteiger partial charge in [-0.05, 0) is 116 Å². The van der Waals surface area contributed by atoms with Gasteiger partial charge in [0.05, 0.1) is 11.4 Å². The van der Waals surface area contributed by atoms with Crippen molar-refractivity contribution in [3.8, 4) is 50.5 Å². The summed E-state index contributed by atoms with van der Waals surface area (Å²) in [5.74, 6) is 0. The molecule has 266 valence electrons. The highest BCUT2D eigenvalue weighted by molar-refractivity contribution is 6.23. The van der Waals surface area contributed by atoms with Crippen LogP contribution in [0.2, 0.25) is 0 Å². The topological polar surface area (TPSA) is 31.2 Å². The number of hydrogen-bond donors (Lipinski definition) is 0. The maximum Gasteiger partial charge on any atom is 0.135 e. The van der Waals surface area contributed by atoms with Gasteiger partial charge in [-0.2, -0.15) is 0 Å². The summed E-state index contributed by atoms with van der Waals surface area (Å²) < 4.78 is 15.0. The smallest absolute Gasteiger partial charge is 0.135 e. The highest BCUT2D eigenvalue weighted by Crippen LogP contribution is 2.47. The first-order chi connectivity index (χ1) is 28.3. The second-order valence-corrected chi connectivity index (χ2v) is 14.8. The number of para-hydroxylation sites is 2. The Labute approximate surface area is 328 Å². The molecular formula is C54H33NO2. The van der Waals surface area contributed by atoms with E-state index in [1.807, 2.05) is 24.3 Å². The van der Waals surface area contributed by atoms with E-state index in [4.69, 9.17) is 8.83 Å². The molecule has 0 aliphatic carbocycles. The van der Waals surface area contributed by atoms with Crippen molar-refractivity contribution >= 4 is 65.4 Å². The van der Waals surface area contributed by atoms with Gasteiger partial charge >= 0.3 is 0 Å². The molecule has 3 aromatic heterocycles. The van der Waals surface area contributed by atoms with Crippen LogP contribution in [0, 0.1) is 0 Å². The third-order valence-electron chi connectivity index (χ3n) is 11.6. The maximum atomic E-state index is 6.32. The van der Waals surface area contributed by atoms with E-state index >= 15 is 0 Å². The highest BCUT2D eigenvalue weighted by atomic mass is 16.3. The Bertz CT molecular complexity index is 3460. The van der Waals surface area contributed by atoms with Gasteiger partial charge < -0.3 is 13.4 Å². The van der Waals surface area contributed by atoms with Gasteiger partial charge in [0.25, 0.3) is 0 Å². The minimum Gasteiger partial charge on any atom is -0.456 e. The predicted molar refractivity (Wildman–Crippen MR) is 237 cm³/mol. The summed E-state index contributed by atoms with van der Waals surface area (Å²) in [6.45, 7) is 0. The van der Waals surface area contributed by atoms with Gasteiger partial charge in [0.1, 0.15) is 22.3 Å². The SMILES string of the molecule is c1ccc(-c2ccc(-c3ccccc3)n2-c2ccc3c(-c4ccc5oc6ccccc6c5c4)c4ccccc4c(-c4ccc5oc6ccccc6c5c4)c3c2)cc1. The molecule has 3 heterocycles. The first-order valence-corrected chi connectivity index (χ1v) is 19.4. The molecule has 0 atom stereocenters. The van der Waals surface area contributed by atoms with Crippen molar-refractivity contribution < 1.29 is 8.83 Å². The maximum absolute atomic E-state index is 6.32. The fourth-order valence-electron chi connectivity index (χ4n) is 9.07. The molecule has 3 heteroatoms. The lowest BCUT2D eigenvalue weighted by Gasteiger charge is -2.20. The van der Waals surface area contributed by atoms with E-state index in [-0.39, 0.29) is 0 Å². The van der Waals surface area contributed by atoms with Gasteiger partial charge in [0, 0.05) is 27.2 Å². The largest absolute Gasteiger partial charge is 0.456 e. The van der Waals surface area contributed by atoms with Gasteiger partial charge in [0.2, 0.25) is 0 Å². The van der Waals surface area contributed by atoms with Crippen molar-refractivity contribution in [1.82, 2.24) is 4.57 Å². The Hall–Kier alpha value is -7.62. The molecule has 0 bridgehead atoms. The molecule has 0 amide bonds. The van der Waals surface area contributed by atoms with Crippen LogP contribution >= 0.6 is 0 Å². The zero-order chi connectivity index (χ0) is 37.5. The van der Waals surface area contributed by atoms with Crippen molar-refractivity contribution in [2.75, 3.05) is 0 Å². The molecule has 0 radical (unpaired) electrons. The molecule has 9 aromatic carbocycles. The van der Waals surface area contributed by atoms with Crippen molar-refractivity contribution in [2.45, 2.75) is 0 Å². The van der Waals surface area contributed by atoms with Gasteiger partial charge in [-0.25, -0.2) is 0 Å². The number of fused-ring (bicyclic) bond motifs is 8. The predicted octanol–water partition coefficient (Wildman–Crippen LogP) is 15.3. The van der Waals surface area contributed by atoms with E-state index < -0.39 is 0 Å². The molecule has 0 unspecified atom stereocenters. The fourth-order valence-corrected chi connectivity index (χ4v) is 9.07. The number of rotatable bonds is 5. The average Bonchev–Trinajstić information content (AvgIpc) is 3.99. The van der Waals surface area contributed by atoms with E-state index in [1.165, 1.54) is 32.7 Å². The van der Waals surface area contributed by atoms with E-state index in [2.05, 4.69) is 180 Å². The lowest BCUT2D eigenvalue weighted by molar-refractivity contribution is 0.668. The first-order valence-electron chi connectivity index (χ1n) is 19.4. The molecular weight excluding hydrogens is 695 g/mol. The molecule has 0 N–H and O–H groups in total. The molecule has 12 aromatic rings. The van der Waals surface area contributed by atoms with Crippen LogP contribution in [-0.2, 0) is 0 Å². The van der Waals surface area contributed by atoms with E-state index in [9.17, 15) is 0 Å². The Kier molecular flexibility index (Phi) is 6.93. The molecule has 0 aliphatic rings. The molecule has 12 rings (SSSR count). The summed E-state index contributed by atoms with van der Waals surface area (Å²) in [7, 11) is 0. The van der Waals surface area contributed by atoms with Gasteiger partial charge in [-0.1, -0.05) is 140 Å². The lowest BCUT2D eigenvalue weighted by Crippen LogP contribution is -2.00. The molecule has 0 fully saturated rings. The van der Waals surface area contributed by atoms with E-state index in [1.54, 1.807) is 0 Å². The molecule has 0 spiro atoms. The second kappa shape index (κ2) is 12.5. The number of aromatic nitrogens is 1. The van der Waals surface area contributed by atoms with Gasteiger partial charge in [0.15, 0.2) is 0 Å². The second-order valence-electron chi connectivity index (χ2n) is 14.8. The Morgan fingerprint density at radius 2 is 0.684 bits per heavy atom. The summed E-state index contributed by atoms with van der Waals surface area (Å²) in [5.41, 5.74) is 14.0. The van der Waals surface area contributed by atoms with Crippen molar-refractivity contribution in [3.05, 3.63) is 200 Å². The third-order valence-corrected chi connectivity index (χ3v) is 11.6. The Balaban J connectivity index is 1.20. The fraction of sp³-hybridized carbons (Fsp3) is 0. The van der Waals surface area contributed by atoms with Crippen LogP contribution in [0.5, 0.6) is 0 Å². The molecule has 57 heavy (non-hydrogen) atoms. The van der Waals surface area contributed by atoms with Crippen LogP contribution in [0.25, 0.3) is 116 Å². The van der Waals surface area contributed by atoms with E-state index in [0.717, 1.165) is 83.2 Å². The van der Waals surface area contributed by atoms with Crippen LogP contribution < -0.4 is 0 Å². The molecule has 0 saturated heterocycles. The Morgan fingerprint density at radius 3 is 1.21 bits per heavy atom. The lowest BCUT2D eigenvalue weighted by atomic mass is 9.85. The quantitative estimate of drug-likeness (QED) is 0.165. The summed E-state index contributed by atoms with van der Waals surface area (Å²) >= 11 is 0. The summed E-state index contributed by atoms with van der Waals surface area (Å²) in [4.78, 5) is 0. The van der Waals surface area contributed by atoms with Crippen molar-refractivity contribution in [2.24, 2.45) is 0 Å². The van der Waals surface area contributed by atoms with Crippen molar-refractivity contribution in [1.29, 1.82) is 0 Å². The van der Waals surface area contributed by atoms with Crippen LogP contribution in [-0.4, -0.2) is 4.57 Å². The number of nitrogens with zero attached hydrogens (tertiary/aromatic N) is 1. The normalized spacial score (nSPS) is 11.9. The van der Waals surface area contributed by atoms with Crippen molar-refractivity contribution in [3.63, 3.8) is 0 Å². The summed E-state index contributed by atoms with van der Waals surface area (Å²) in [6, 6.07) is 71.8. The van der Waals surface area contributed by atoms with E-state index in [0.29, 0.717) is 0 Å². The van der Waals surface area contributed by atoms with Gasteiger partial charge in [-0.15, -0.1) is 0 Å². The molecule has 0 aliphatic heterocycles. The highest BCUT2D eigenvalue weighted by Gasteiger charge is 2.21. The van der Waals surface area contributed by atoms with Crippen LogP contribution in [0.15, 0.2) is 209 Å². The van der Waals surface area contributed by atoms with Crippen LogP contribution in [0.3, 0.4) is 0 Å². The minimum atomic E-state index is 0.888.